The number of piperazine rings is 1. The number of guanidine groups is 1. The molecule has 126 valence electrons. The van der Waals surface area contributed by atoms with E-state index in [2.05, 4.69) is 56.2 Å². The third kappa shape index (κ3) is 3.85. The molecular formula is C18H29N5. The molecular weight excluding hydrogens is 286 g/mol. The smallest absolute Gasteiger partial charge is 0.198 e. The van der Waals surface area contributed by atoms with E-state index in [1.807, 2.05) is 7.05 Å². The van der Waals surface area contributed by atoms with E-state index in [0.29, 0.717) is 0 Å². The highest BCUT2D eigenvalue weighted by Crippen LogP contribution is 2.27. The monoisotopic (exact) mass is 315 g/mol. The van der Waals surface area contributed by atoms with Gasteiger partial charge >= 0.3 is 0 Å². The van der Waals surface area contributed by atoms with Crippen molar-refractivity contribution in [3.63, 3.8) is 0 Å². The fourth-order valence-electron chi connectivity index (χ4n) is 3.51. The zero-order valence-corrected chi connectivity index (χ0v) is 14.5. The maximum absolute atomic E-state index is 4.48. The van der Waals surface area contributed by atoms with Crippen LogP contribution in [0.15, 0.2) is 29.3 Å². The lowest BCUT2D eigenvalue weighted by atomic mass is 10.2. The number of likely N-dealkylation sites (N-methyl/N-ethyl adjacent to an activating group) is 1. The number of benzene rings is 1. The van der Waals surface area contributed by atoms with Crippen molar-refractivity contribution in [3.05, 3.63) is 29.8 Å². The fraction of sp³-hybridized carbons (Fsp3) is 0.611. The van der Waals surface area contributed by atoms with E-state index in [0.717, 1.165) is 32.0 Å². The summed E-state index contributed by atoms with van der Waals surface area (Å²) in [5, 5.41) is 3.55. The largest absolute Gasteiger partial charge is 0.355 e. The van der Waals surface area contributed by atoms with Gasteiger partial charge in [0.2, 0.25) is 0 Å². The summed E-state index contributed by atoms with van der Waals surface area (Å²) in [6.07, 6.45) is 1.11. The highest BCUT2D eigenvalue weighted by atomic mass is 15.3. The second-order valence-corrected chi connectivity index (χ2v) is 6.28. The van der Waals surface area contributed by atoms with E-state index in [9.17, 15) is 0 Å². The number of nitrogens with zero attached hydrogens (tertiary/aromatic N) is 4. The minimum atomic E-state index is 0.956. The van der Waals surface area contributed by atoms with E-state index in [4.69, 9.17) is 0 Å². The van der Waals surface area contributed by atoms with Crippen LogP contribution < -0.4 is 10.2 Å². The summed E-state index contributed by atoms with van der Waals surface area (Å²) in [5.41, 5.74) is 2.73. The molecule has 0 atom stereocenters. The molecule has 1 saturated heterocycles. The van der Waals surface area contributed by atoms with Gasteiger partial charge in [0.1, 0.15) is 0 Å². The third-order valence-electron chi connectivity index (χ3n) is 4.98. The summed E-state index contributed by atoms with van der Waals surface area (Å²) in [4.78, 5) is 11.9. The molecule has 5 nitrogen and oxygen atoms in total. The van der Waals surface area contributed by atoms with Crippen LogP contribution in [-0.2, 0) is 6.42 Å². The molecule has 23 heavy (non-hydrogen) atoms. The Labute approximate surface area is 140 Å². The van der Waals surface area contributed by atoms with Crippen molar-refractivity contribution in [2.45, 2.75) is 13.3 Å². The molecule has 0 saturated carbocycles. The first-order chi connectivity index (χ1) is 11.3. The lowest BCUT2D eigenvalue weighted by Crippen LogP contribution is -2.49. The van der Waals surface area contributed by atoms with Gasteiger partial charge in [0.05, 0.1) is 0 Å². The van der Waals surface area contributed by atoms with Crippen LogP contribution in [0.3, 0.4) is 0 Å². The fourth-order valence-corrected chi connectivity index (χ4v) is 3.51. The van der Waals surface area contributed by atoms with Gasteiger partial charge in [0.25, 0.3) is 0 Å². The number of nitrogens with one attached hydrogen (secondary N) is 1. The molecule has 3 rings (SSSR count). The minimum Gasteiger partial charge on any atom is -0.355 e. The van der Waals surface area contributed by atoms with E-state index in [-0.39, 0.29) is 0 Å². The van der Waals surface area contributed by atoms with Crippen molar-refractivity contribution in [2.75, 3.05) is 64.3 Å². The van der Waals surface area contributed by atoms with Crippen LogP contribution >= 0.6 is 0 Å². The summed E-state index contributed by atoms with van der Waals surface area (Å²) < 4.78 is 0. The van der Waals surface area contributed by atoms with Crippen LogP contribution in [-0.4, -0.2) is 75.2 Å². The Morgan fingerprint density at radius 1 is 1.09 bits per heavy atom. The maximum Gasteiger partial charge on any atom is 0.198 e. The number of para-hydroxylation sites is 1. The van der Waals surface area contributed by atoms with Crippen LogP contribution in [0.4, 0.5) is 5.69 Å². The Bertz CT molecular complexity index is 534. The Morgan fingerprint density at radius 2 is 1.83 bits per heavy atom. The quantitative estimate of drug-likeness (QED) is 0.670. The van der Waals surface area contributed by atoms with Crippen molar-refractivity contribution in [1.29, 1.82) is 0 Å². The molecule has 0 aromatic heterocycles. The number of fused-ring (bicyclic) bond motifs is 1. The standard InChI is InChI=1S/C18H29N5/c1-3-21-12-14-22(15-13-21)11-9-20-18(19-2)23-10-8-16-6-4-5-7-17(16)23/h4-7H,3,8-15H2,1-2H3,(H,19,20). The molecule has 5 heteroatoms. The summed E-state index contributed by atoms with van der Waals surface area (Å²) in [5.74, 6) is 1.00. The highest BCUT2D eigenvalue weighted by Gasteiger charge is 2.22. The lowest BCUT2D eigenvalue weighted by Gasteiger charge is -2.34. The van der Waals surface area contributed by atoms with E-state index >= 15 is 0 Å². The van der Waals surface area contributed by atoms with E-state index < -0.39 is 0 Å². The predicted molar refractivity (Wildman–Crippen MR) is 97.4 cm³/mol. The van der Waals surface area contributed by atoms with Gasteiger partial charge < -0.3 is 15.1 Å². The van der Waals surface area contributed by atoms with Gasteiger partial charge in [-0.1, -0.05) is 25.1 Å². The first-order valence-corrected chi connectivity index (χ1v) is 8.82. The van der Waals surface area contributed by atoms with Gasteiger partial charge in [-0.15, -0.1) is 0 Å². The van der Waals surface area contributed by atoms with Crippen LogP contribution in [0.5, 0.6) is 0 Å². The normalized spacial score (nSPS) is 19.9. The molecule has 1 N–H and O–H groups in total. The van der Waals surface area contributed by atoms with Gasteiger partial charge in [-0.05, 0) is 24.6 Å². The third-order valence-corrected chi connectivity index (χ3v) is 4.98. The molecule has 1 fully saturated rings. The Balaban J connectivity index is 1.48. The Hall–Kier alpha value is -1.59. The average Bonchev–Trinajstić information content (AvgIpc) is 3.03. The summed E-state index contributed by atoms with van der Waals surface area (Å²) >= 11 is 0. The Kier molecular flexibility index (Phi) is 5.51. The molecule has 2 heterocycles. The molecule has 2 aliphatic heterocycles. The van der Waals surface area contributed by atoms with Crippen molar-refractivity contribution >= 4 is 11.6 Å². The number of rotatable bonds is 4. The minimum absolute atomic E-state index is 0.956. The second kappa shape index (κ2) is 7.79. The van der Waals surface area contributed by atoms with Crippen molar-refractivity contribution in [2.24, 2.45) is 4.99 Å². The SMILES string of the molecule is CCN1CCN(CCNC(=NC)N2CCc3ccccc32)CC1. The van der Waals surface area contributed by atoms with Crippen LogP contribution in [0.25, 0.3) is 0 Å². The van der Waals surface area contributed by atoms with Crippen molar-refractivity contribution in [3.8, 4) is 0 Å². The average molecular weight is 315 g/mol. The number of hydrogen-bond acceptors (Lipinski definition) is 3. The molecule has 0 amide bonds. The van der Waals surface area contributed by atoms with E-state index in [1.165, 1.54) is 44.0 Å². The number of anilines is 1. The second-order valence-electron chi connectivity index (χ2n) is 6.28. The summed E-state index contributed by atoms with van der Waals surface area (Å²) in [7, 11) is 1.88. The van der Waals surface area contributed by atoms with Gasteiger partial charge in [-0.2, -0.15) is 0 Å². The van der Waals surface area contributed by atoms with Gasteiger partial charge in [0.15, 0.2) is 5.96 Å². The zero-order valence-electron chi connectivity index (χ0n) is 14.5. The summed E-state index contributed by atoms with van der Waals surface area (Å²) in [6.45, 7) is 11.2. The van der Waals surface area contributed by atoms with E-state index in [1.54, 1.807) is 0 Å². The molecule has 0 radical (unpaired) electrons. The number of aliphatic imine (C=N–C) groups is 1. The maximum atomic E-state index is 4.48. The lowest BCUT2D eigenvalue weighted by molar-refractivity contribution is 0.139. The van der Waals surface area contributed by atoms with Gasteiger partial charge in [-0.25, -0.2) is 0 Å². The first kappa shape index (κ1) is 16.3. The molecule has 0 spiro atoms. The molecule has 0 bridgehead atoms. The topological polar surface area (TPSA) is 34.1 Å². The Morgan fingerprint density at radius 3 is 2.57 bits per heavy atom. The number of hydrogen-bond donors (Lipinski definition) is 1. The zero-order chi connectivity index (χ0) is 16.1. The molecule has 0 unspecified atom stereocenters. The van der Waals surface area contributed by atoms with Gasteiger partial charge in [-0.3, -0.25) is 9.89 Å². The molecule has 0 aliphatic carbocycles. The summed E-state index contributed by atoms with van der Waals surface area (Å²) in [6, 6.07) is 8.64. The van der Waals surface area contributed by atoms with Crippen LogP contribution in [0.1, 0.15) is 12.5 Å². The molecule has 1 aromatic rings. The predicted octanol–water partition coefficient (Wildman–Crippen LogP) is 1.26. The molecule has 1 aromatic carbocycles. The van der Waals surface area contributed by atoms with Crippen molar-refractivity contribution in [1.82, 2.24) is 15.1 Å². The molecule has 2 aliphatic rings. The van der Waals surface area contributed by atoms with Crippen LogP contribution in [0.2, 0.25) is 0 Å². The van der Waals surface area contributed by atoms with Crippen molar-refractivity contribution < 1.29 is 0 Å². The van der Waals surface area contributed by atoms with Gasteiger partial charge in [0, 0.05) is 58.5 Å². The van der Waals surface area contributed by atoms with Crippen LogP contribution in [0, 0.1) is 0 Å². The highest BCUT2D eigenvalue weighted by molar-refractivity contribution is 5.97. The first-order valence-electron chi connectivity index (χ1n) is 8.82.